The normalized spacial score (nSPS) is 10.8. The molecule has 2 aromatic rings. The zero-order valence-corrected chi connectivity index (χ0v) is 17.5. The molecule has 2 rings (SSSR count). The molecule has 0 heterocycles. The number of anilines is 1. The van der Waals surface area contributed by atoms with Gasteiger partial charge in [0.25, 0.3) is 5.69 Å². The molecule has 0 aliphatic rings. The Kier molecular flexibility index (Phi) is 7.48. The van der Waals surface area contributed by atoms with E-state index >= 15 is 0 Å². The fourth-order valence-corrected chi connectivity index (χ4v) is 3.02. The molecule has 0 saturated heterocycles. The van der Waals surface area contributed by atoms with E-state index in [9.17, 15) is 20.2 Å². The molecule has 0 radical (unpaired) electrons. The smallest absolute Gasteiger partial charge is 0.305 e. The van der Waals surface area contributed by atoms with E-state index in [1.165, 1.54) is 14.2 Å². The number of methoxy groups -OCH3 is 2. The molecule has 0 atom stereocenters. The van der Waals surface area contributed by atoms with Crippen molar-refractivity contribution in [3.63, 3.8) is 0 Å². The SMILES string of the molecule is CCN(CC)c1cc(OC)c(N=Nc2c(Cl)cc([N+](=O)[O-])cc2[N+](=O)[O-])cc1OC. The fourth-order valence-electron chi connectivity index (χ4n) is 2.77. The third-order valence-electron chi connectivity index (χ3n) is 4.28. The molecular weight excluding hydrogens is 418 g/mol. The van der Waals surface area contributed by atoms with Gasteiger partial charge in [0.1, 0.15) is 17.2 Å². The lowest BCUT2D eigenvalue weighted by Gasteiger charge is -2.24. The third-order valence-corrected chi connectivity index (χ3v) is 4.57. The van der Waals surface area contributed by atoms with E-state index < -0.39 is 21.2 Å². The molecule has 0 saturated carbocycles. The summed E-state index contributed by atoms with van der Waals surface area (Å²) in [6.07, 6.45) is 0. The first-order valence-electron chi connectivity index (χ1n) is 8.82. The van der Waals surface area contributed by atoms with Crippen LogP contribution in [-0.4, -0.2) is 37.2 Å². The van der Waals surface area contributed by atoms with E-state index in [2.05, 4.69) is 15.1 Å². The van der Waals surface area contributed by atoms with Crippen molar-refractivity contribution in [2.24, 2.45) is 10.2 Å². The Morgan fingerprint density at radius 2 is 1.60 bits per heavy atom. The van der Waals surface area contributed by atoms with Crippen molar-refractivity contribution in [2.45, 2.75) is 13.8 Å². The van der Waals surface area contributed by atoms with Crippen LogP contribution >= 0.6 is 11.6 Å². The Labute approximate surface area is 177 Å². The van der Waals surface area contributed by atoms with Gasteiger partial charge in [-0.15, -0.1) is 10.2 Å². The van der Waals surface area contributed by atoms with Gasteiger partial charge in [0.2, 0.25) is 0 Å². The average Bonchev–Trinajstić information content (AvgIpc) is 2.72. The van der Waals surface area contributed by atoms with Gasteiger partial charge >= 0.3 is 5.69 Å². The van der Waals surface area contributed by atoms with Crippen LogP contribution in [0.1, 0.15) is 13.8 Å². The molecule has 0 bridgehead atoms. The molecule has 11 nitrogen and oxygen atoms in total. The lowest BCUT2D eigenvalue weighted by molar-refractivity contribution is -0.393. The highest BCUT2D eigenvalue weighted by Gasteiger charge is 2.24. The molecule has 30 heavy (non-hydrogen) atoms. The molecule has 0 amide bonds. The van der Waals surface area contributed by atoms with Crippen LogP contribution in [0.25, 0.3) is 0 Å². The second-order valence-corrected chi connectivity index (χ2v) is 6.28. The maximum atomic E-state index is 11.3. The molecule has 160 valence electrons. The van der Waals surface area contributed by atoms with E-state index in [0.29, 0.717) is 11.5 Å². The second kappa shape index (κ2) is 9.83. The summed E-state index contributed by atoms with van der Waals surface area (Å²) < 4.78 is 10.8. The minimum absolute atomic E-state index is 0.244. The highest BCUT2D eigenvalue weighted by Crippen LogP contribution is 2.43. The fraction of sp³-hybridized carbons (Fsp3) is 0.333. The molecule has 0 aliphatic heterocycles. The van der Waals surface area contributed by atoms with Crippen LogP contribution in [0.5, 0.6) is 11.5 Å². The number of halogens is 1. The van der Waals surface area contributed by atoms with Crippen molar-refractivity contribution in [3.8, 4) is 11.5 Å². The first kappa shape index (κ1) is 22.8. The van der Waals surface area contributed by atoms with Crippen molar-refractivity contribution < 1.29 is 19.3 Å². The summed E-state index contributed by atoms with van der Waals surface area (Å²) in [5.74, 6) is 0.875. The molecular formula is C18H20ClN5O6. The van der Waals surface area contributed by atoms with Gasteiger partial charge < -0.3 is 14.4 Å². The highest BCUT2D eigenvalue weighted by molar-refractivity contribution is 6.33. The molecule has 12 heteroatoms. The molecule has 0 unspecified atom stereocenters. The van der Waals surface area contributed by atoms with Gasteiger partial charge in [0, 0.05) is 31.3 Å². The molecule has 0 fully saturated rings. The number of nitro benzene ring substituents is 2. The Balaban J connectivity index is 2.59. The van der Waals surface area contributed by atoms with E-state index in [1.54, 1.807) is 12.1 Å². The molecule has 2 aromatic carbocycles. The largest absolute Gasteiger partial charge is 0.494 e. The summed E-state index contributed by atoms with van der Waals surface area (Å²) in [5, 5.41) is 29.9. The highest BCUT2D eigenvalue weighted by atomic mass is 35.5. The van der Waals surface area contributed by atoms with Crippen LogP contribution < -0.4 is 14.4 Å². The third kappa shape index (κ3) is 4.74. The van der Waals surface area contributed by atoms with Gasteiger partial charge in [0.05, 0.1) is 40.8 Å². The van der Waals surface area contributed by atoms with E-state index in [4.69, 9.17) is 21.1 Å². The molecule has 0 aromatic heterocycles. The van der Waals surface area contributed by atoms with E-state index in [1.807, 2.05) is 13.8 Å². The summed E-state index contributed by atoms with van der Waals surface area (Å²) in [4.78, 5) is 22.8. The number of hydrogen-bond donors (Lipinski definition) is 0. The summed E-state index contributed by atoms with van der Waals surface area (Å²) in [6, 6.07) is 5.07. The quantitative estimate of drug-likeness (QED) is 0.290. The lowest BCUT2D eigenvalue weighted by atomic mass is 10.2. The van der Waals surface area contributed by atoms with Crippen molar-refractivity contribution in [2.75, 3.05) is 32.2 Å². The lowest BCUT2D eigenvalue weighted by Crippen LogP contribution is -2.22. The molecule has 0 N–H and O–H groups in total. The van der Waals surface area contributed by atoms with Crippen molar-refractivity contribution >= 4 is 40.0 Å². The van der Waals surface area contributed by atoms with Crippen LogP contribution in [-0.2, 0) is 0 Å². The zero-order chi connectivity index (χ0) is 22.4. The van der Waals surface area contributed by atoms with Crippen LogP contribution in [0, 0.1) is 20.2 Å². The predicted octanol–water partition coefficient (Wildman–Crippen LogP) is 5.44. The van der Waals surface area contributed by atoms with Crippen molar-refractivity contribution in [1.29, 1.82) is 0 Å². The number of rotatable bonds is 9. The maximum absolute atomic E-state index is 11.3. The number of nitrogens with zero attached hydrogens (tertiary/aromatic N) is 5. The number of benzene rings is 2. The van der Waals surface area contributed by atoms with Gasteiger partial charge in [-0.3, -0.25) is 20.2 Å². The zero-order valence-electron chi connectivity index (χ0n) is 16.8. The summed E-state index contributed by atoms with van der Waals surface area (Å²) in [5.41, 5.74) is -0.426. The predicted molar refractivity (Wildman–Crippen MR) is 112 cm³/mol. The Morgan fingerprint density at radius 1 is 0.967 bits per heavy atom. The number of hydrogen-bond acceptors (Lipinski definition) is 9. The van der Waals surface area contributed by atoms with Gasteiger partial charge in [0.15, 0.2) is 5.69 Å². The van der Waals surface area contributed by atoms with E-state index in [-0.39, 0.29) is 16.4 Å². The number of non-ortho nitro benzene ring substituents is 1. The van der Waals surface area contributed by atoms with Crippen LogP contribution in [0.2, 0.25) is 5.02 Å². The Bertz CT molecular complexity index is 994. The second-order valence-electron chi connectivity index (χ2n) is 5.88. The van der Waals surface area contributed by atoms with Gasteiger partial charge in [-0.25, -0.2) is 0 Å². The molecule has 0 spiro atoms. The van der Waals surface area contributed by atoms with Gasteiger partial charge in [-0.2, -0.15) is 0 Å². The minimum Gasteiger partial charge on any atom is -0.494 e. The number of nitro groups is 2. The summed E-state index contributed by atoms with van der Waals surface area (Å²) in [7, 11) is 2.96. The Morgan fingerprint density at radius 3 is 2.10 bits per heavy atom. The van der Waals surface area contributed by atoms with Crippen LogP contribution in [0.4, 0.5) is 28.4 Å². The molecule has 0 aliphatic carbocycles. The monoisotopic (exact) mass is 437 g/mol. The Hall–Kier alpha value is -3.47. The standard InChI is InChI=1S/C18H20ClN5O6/c1-5-22(6-2)14-10-16(29-3)13(9-17(14)30-4)20-21-18-12(19)7-11(23(25)26)8-15(18)24(27)28/h7-10H,5-6H2,1-4H3. The van der Waals surface area contributed by atoms with Crippen molar-refractivity contribution in [1.82, 2.24) is 0 Å². The average molecular weight is 438 g/mol. The van der Waals surface area contributed by atoms with Gasteiger partial charge in [-0.05, 0) is 13.8 Å². The first-order valence-corrected chi connectivity index (χ1v) is 9.20. The minimum atomic E-state index is -0.811. The topological polar surface area (TPSA) is 133 Å². The van der Waals surface area contributed by atoms with Crippen molar-refractivity contribution in [3.05, 3.63) is 49.5 Å². The summed E-state index contributed by atoms with van der Waals surface area (Å²) >= 11 is 6.00. The van der Waals surface area contributed by atoms with Gasteiger partial charge in [-0.1, -0.05) is 11.6 Å². The van der Waals surface area contributed by atoms with Crippen LogP contribution in [0.3, 0.4) is 0 Å². The first-order chi connectivity index (χ1) is 14.3. The maximum Gasteiger partial charge on any atom is 0.305 e. The van der Waals surface area contributed by atoms with E-state index in [0.717, 1.165) is 30.9 Å². The number of ether oxygens (including phenoxy) is 2. The van der Waals surface area contributed by atoms with Crippen LogP contribution in [0.15, 0.2) is 34.5 Å². The summed E-state index contributed by atoms with van der Waals surface area (Å²) in [6.45, 7) is 5.47. The number of azo groups is 1.